The van der Waals surface area contributed by atoms with Crippen molar-refractivity contribution in [3.8, 4) is 5.75 Å². The highest BCUT2D eigenvalue weighted by Crippen LogP contribution is 2.10. The maximum absolute atomic E-state index is 10.3. The number of allylic oxidation sites excluding steroid dienone is 1. The molecule has 2 heteroatoms. The van der Waals surface area contributed by atoms with Crippen molar-refractivity contribution >= 4 is 6.29 Å². The third kappa shape index (κ3) is 3.11. The Morgan fingerprint density at radius 1 is 1.31 bits per heavy atom. The number of rotatable bonds is 4. The minimum absolute atomic E-state index is 0.566. The summed E-state index contributed by atoms with van der Waals surface area (Å²) in [6.07, 6.45) is 4.67. The Hall–Kier alpha value is -1.57. The minimum Gasteiger partial charge on any atom is -0.490 e. The molecule has 0 aliphatic heterocycles. The second kappa shape index (κ2) is 5.14. The Morgan fingerprint density at radius 2 is 2.00 bits per heavy atom. The van der Waals surface area contributed by atoms with Crippen molar-refractivity contribution in [3.63, 3.8) is 0 Å². The number of aldehydes is 1. The summed E-state index contributed by atoms with van der Waals surface area (Å²) >= 11 is 0. The third-order valence-corrected chi connectivity index (χ3v) is 1.60. The van der Waals surface area contributed by atoms with Gasteiger partial charge in [-0.1, -0.05) is 12.2 Å². The van der Waals surface area contributed by atoms with Crippen LogP contribution in [0.3, 0.4) is 0 Å². The number of ether oxygens (including phenoxy) is 1. The monoisotopic (exact) mass is 176 g/mol. The van der Waals surface area contributed by atoms with E-state index in [0.717, 1.165) is 12.0 Å². The zero-order chi connectivity index (χ0) is 9.52. The quantitative estimate of drug-likeness (QED) is 0.520. The van der Waals surface area contributed by atoms with E-state index in [1.54, 1.807) is 24.3 Å². The summed E-state index contributed by atoms with van der Waals surface area (Å²) < 4.78 is 5.34. The fraction of sp³-hybridized carbons (Fsp3) is 0.182. The largest absolute Gasteiger partial charge is 0.490 e. The molecule has 0 aliphatic carbocycles. The van der Waals surface area contributed by atoms with Gasteiger partial charge in [0.25, 0.3) is 0 Å². The zero-order valence-electron chi connectivity index (χ0n) is 7.57. The summed E-state index contributed by atoms with van der Waals surface area (Å²) in [4.78, 5) is 10.3. The lowest BCUT2D eigenvalue weighted by Gasteiger charge is -2.01. The molecule has 0 aromatic heterocycles. The molecule has 0 spiro atoms. The highest BCUT2D eigenvalue weighted by atomic mass is 16.5. The molecule has 13 heavy (non-hydrogen) atoms. The van der Waals surface area contributed by atoms with E-state index in [1.807, 2.05) is 19.1 Å². The maximum atomic E-state index is 10.3. The van der Waals surface area contributed by atoms with Crippen LogP contribution in [-0.4, -0.2) is 12.9 Å². The highest BCUT2D eigenvalue weighted by Gasteiger charge is 1.91. The van der Waals surface area contributed by atoms with Gasteiger partial charge in [0, 0.05) is 5.56 Å². The van der Waals surface area contributed by atoms with Gasteiger partial charge in [-0.25, -0.2) is 0 Å². The van der Waals surface area contributed by atoms with Crippen LogP contribution in [0.15, 0.2) is 36.4 Å². The Bertz CT molecular complexity index is 285. The van der Waals surface area contributed by atoms with Crippen LogP contribution in [-0.2, 0) is 0 Å². The summed E-state index contributed by atoms with van der Waals surface area (Å²) in [6, 6.07) is 7.04. The summed E-state index contributed by atoms with van der Waals surface area (Å²) in [5, 5.41) is 0. The molecule has 2 nitrogen and oxygen atoms in total. The lowest BCUT2D eigenvalue weighted by molar-refractivity contribution is 0.112. The Labute approximate surface area is 77.8 Å². The molecule has 1 aromatic carbocycles. The first-order valence-electron chi connectivity index (χ1n) is 4.16. The molecule has 0 atom stereocenters. The van der Waals surface area contributed by atoms with Crippen LogP contribution in [0.25, 0.3) is 0 Å². The molecule has 0 bridgehead atoms. The predicted molar refractivity (Wildman–Crippen MR) is 52.1 cm³/mol. The van der Waals surface area contributed by atoms with Crippen molar-refractivity contribution in [2.24, 2.45) is 0 Å². The molecule has 0 saturated heterocycles. The molecular formula is C11H12O2. The average molecular weight is 176 g/mol. The fourth-order valence-corrected chi connectivity index (χ4v) is 0.883. The summed E-state index contributed by atoms with van der Waals surface area (Å²) in [5.74, 6) is 0.781. The second-order valence-corrected chi connectivity index (χ2v) is 2.57. The van der Waals surface area contributed by atoms with E-state index in [9.17, 15) is 4.79 Å². The van der Waals surface area contributed by atoms with Gasteiger partial charge in [0.05, 0.1) is 0 Å². The van der Waals surface area contributed by atoms with Crippen molar-refractivity contribution in [2.75, 3.05) is 6.61 Å². The lowest BCUT2D eigenvalue weighted by Crippen LogP contribution is -1.92. The summed E-state index contributed by atoms with van der Waals surface area (Å²) in [7, 11) is 0. The number of hydrogen-bond donors (Lipinski definition) is 0. The minimum atomic E-state index is 0.566. The van der Waals surface area contributed by atoms with Crippen LogP contribution in [0.5, 0.6) is 5.75 Å². The molecule has 0 radical (unpaired) electrons. The smallest absolute Gasteiger partial charge is 0.150 e. The fourth-order valence-electron chi connectivity index (χ4n) is 0.883. The first-order valence-corrected chi connectivity index (χ1v) is 4.16. The Kier molecular flexibility index (Phi) is 3.76. The molecule has 1 rings (SSSR count). The van der Waals surface area contributed by atoms with E-state index in [2.05, 4.69) is 0 Å². The molecule has 0 unspecified atom stereocenters. The molecule has 68 valence electrons. The standard InChI is InChI=1S/C11H12O2/c1-2-3-8-13-11-6-4-10(9-12)5-7-11/h2-7,9H,8H2,1H3/b3-2-. The maximum Gasteiger partial charge on any atom is 0.150 e. The van der Waals surface area contributed by atoms with Crippen LogP contribution >= 0.6 is 0 Å². The lowest BCUT2D eigenvalue weighted by atomic mass is 10.2. The first kappa shape index (κ1) is 9.52. The van der Waals surface area contributed by atoms with E-state index in [1.165, 1.54) is 0 Å². The molecule has 0 heterocycles. The van der Waals surface area contributed by atoms with Crippen molar-refractivity contribution in [1.82, 2.24) is 0 Å². The van der Waals surface area contributed by atoms with Gasteiger partial charge in [-0.2, -0.15) is 0 Å². The second-order valence-electron chi connectivity index (χ2n) is 2.57. The third-order valence-electron chi connectivity index (χ3n) is 1.60. The average Bonchev–Trinajstić information content (AvgIpc) is 2.19. The SMILES string of the molecule is C/C=C\COc1ccc(C=O)cc1. The van der Waals surface area contributed by atoms with Crippen LogP contribution in [0, 0.1) is 0 Å². The van der Waals surface area contributed by atoms with Gasteiger partial charge < -0.3 is 4.74 Å². The van der Waals surface area contributed by atoms with Gasteiger partial charge in [0.15, 0.2) is 0 Å². The van der Waals surface area contributed by atoms with Gasteiger partial charge >= 0.3 is 0 Å². The van der Waals surface area contributed by atoms with Crippen LogP contribution in [0.4, 0.5) is 0 Å². The van der Waals surface area contributed by atoms with Gasteiger partial charge in [-0.05, 0) is 31.2 Å². The molecular weight excluding hydrogens is 164 g/mol. The van der Waals surface area contributed by atoms with Crippen molar-refractivity contribution in [1.29, 1.82) is 0 Å². The Morgan fingerprint density at radius 3 is 2.54 bits per heavy atom. The molecule has 0 amide bonds. The van der Waals surface area contributed by atoms with E-state index in [0.29, 0.717) is 12.2 Å². The molecule has 0 fully saturated rings. The number of carbonyl (C=O) groups is 1. The summed E-state index contributed by atoms with van der Waals surface area (Å²) in [6.45, 7) is 2.51. The van der Waals surface area contributed by atoms with Gasteiger partial charge in [-0.3, -0.25) is 4.79 Å². The highest BCUT2D eigenvalue weighted by molar-refractivity contribution is 5.74. The number of hydrogen-bond acceptors (Lipinski definition) is 2. The van der Waals surface area contributed by atoms with Crippen molar-refractivity contribution in [3.05, 3.63) is 42.0 Å². The molecule has 0 aliphatic rings. The molecule has 1 aromatic rings. The van der Waals surface area contributed by atoms with Crippen LogP contribution in [0.1, 0.15) is 17.3 Å². The molecule has 0 N–H and O–H groups in total. The van der Waals surface area contributed by atoms with E-state index in [-0.39, 0.29) is 0 Å². The number of benzene rings is 1. The van der Waals surface area contributed by atoms with Crippen molar-refractivity contribution < 1.29 is 9.53 Å². The zero-order valence-corrected chi connectivity index (χ0v) is 7.57. The topological polar surface area (TPSA) is 26.3 Å². The van der Waals surface area contributed by atoms with Gasteiger partial charge in [0.2, 0.25) is 0 Å². The first-order chi connectivity index (χ1) is 6.36. The molecule has 0 saturated carbocycles. The van der Waals surface area contributed by atoms with E-state index in [4.69, 9.17) is 4.74 Å². The van der Waals surface area contributed by atoms with Crippen molar-refractivity contribution in [2.45, 2.75) is 6.92 Å². The normalized spacial score (nSPS) is 10.2. The van der Waals surface area contributed by atoms with Gasteiger partial charge in [-0.15, -0.1) is 0 Å². The van der Waals surface area contributed by atoms with Gasteiger partial charge in [0.1, 0.15) is 18.6 Å². The van der Waals surface area contributed by atoms with E-state index >= 15 is 0 Å². The van der Waals surface area contributed by atoms with E-state index < -0.39 is 0 Å². The Balaban J connectivity index is 2.53. The summed E-state index contributed by atoms with van der Waals surface area (Å²) in [5.41, 5.74) is 0.665. The van der Waals surface area contributed by atoms with Crippen LogP contribution < -0.4 is 4.74 Å². The number of carbonyl (C=O) groups excluding carboxylic acids is 1. The predicted octanol–water partition coefficient (Wildman–Crippen LogP) is 2.45. The van der Waals surface area contributed by atoms with Crippen LogP contribution in [0.2, 0.25) is 0 Å².